The van der Waals surface area contributed by atoms with Crippen LogP contribution >= 0.6 is 0 Å². The Morgan fingerprint density at radius 3 is 2.11 bits per heavy atom. The molecule has 10 nitrogen and oxygen atoms in total. The summed E-state index contributed by atoms with van der Waals surface area (Å²) in [6.45, 7) is 0. The number of carboxylic acid groups (broad SMARTS) is 1. The number of hydrogen-bond donors (Lipinski definition) is 6. The number of rotatable bonds is 5. The zero-order valence-corrected chi connectivity index (χ0v) is 20.3. The van der Waals surface area contributed by atoms with Gasteiger partial charge in [-0.3, -0.25) is 14.8 Å². The third-order valence-corrected chi connectivity index (χ3v) is 5.14. The van der Waals surface area contributed by atoms with Crippen LogP contribution in [0.4, 0.5) is 5.69 Å². The van der Waals surface area contributed by atoms with Gasteiger partial charge in [0.1, 0.15) is 11.6 Å². The fourth-order valence-corrected chi connectivity index (χ4v) is 3.56. The molecule has 0 aliphatic rings. The van der Waals surface area contributed by atoms with E-state index in [1.165, 1.54) is 12.1 Å². The van der Waals surface area contributed by atoms with Gasteiger partial charge in [0.2, 0.25) is 0 Å². The van der Waals surface area contributed by atoms with Crippen molar-refractivity contribution in [2.24, 2.45) is 5.73 Å². The van der Waals surface area contributed by atoms with Crippen molar-refractivity contribution < 1.29 is 32.8 Å². The standard InChI is InChI=1S/C25H19N3O4.CH4O3S/c26-23(27)14-8-10-16(11-9-14)28-24(30)21-13-19-15(4-3-7-22(19)29)12-20(21)17-5-1-2-6-18(17)25(31)32;1-5(2,3)4/h1-13,29H,(H3,26,27)(H,28,30)(H,31,32);1H3,(H,2,3,4). The molecule has 0 heterocycles. The molecule has 0 radical (unpaired) electrons. The van der Waals surface area contributed by atoms with E-state index < -0.39 is 22.0 Å². The number of nitrogens with two attached hydrogens (primary N) is 1. The molecular weight excluding hydrogens is 498 g/mol. The summed E-state index contributed by atoms with van der Waals surface area (Å²) in [4.78, 5) is 25.1. The molecule has 37 heavy (non-hydrogen) atoms. The number of carbonyl (C=O) groups is 2. The Morgan fingerprint density at radius 1 is 0.892 bits per heavy atom. The molecule has 0 atom stereocenters. The van der Waals surface area contributed by atoms with Gasteiger partial charge in [-0.15, -0.1) is 0 Å². The molecule has 0 aliphatic heterocycles. The van der Waals surface area contributed by atoms with Crippen molar-refractivity contribution >= 4 is 44.3 Å². The first-order valence-corrected chi connectivity index (χ1v) is 12.5. The Labute approximate surface area is 212 Å². The fraction of sp³-hybridized carbons (Fsp3) is 0.0385. The molecule has 0 aliphatic carbocycles. The van der Waals surface area contributed by atoms with Gasteiger partial charge >= 0.3 is 5.97 Å². The highest BCUT2D eigenvalue weighted by atomic mass is 32.2. The van der Waals surface area contributed by atoms with E-state index in [1.807, 2.05) is 0 Å². The third kappa shape index (κ3) is 6.90. The molecule has 0 saturated carbocycles. The number of fused-ring (bicyclic) bond motifs is 1. The summed E-state index contributed by atoms with van der Waals surface area (Å²) in [5, 5.41) is 31.4. The number of amidine groups is 1. The van der Waals surface area contributed by atoms with Crippen molar-refractivity contribution in [3.63, 3.8) is 0 Å². The van der Waals surface area contributed by atoms with Crippen molar-refractivity contribution in [2.45, 2.75) is 0 Å². The van der Waals surface area contributed by atoms with Gasteiger partial charge in [-0.25, -0.2) is 4.79 Å². The molecule has 1 amide bonds. The highest BCUT2D eigenvalue weighted by molar-refractivity contribution is 7.85. The van der Waals surface area contributed by atoms with E-state index >= 15 is 0 Å². The first-order valence-electron chi connectivity index (χ1n) is 10.6. The van der Waals surface area contributed by atoms with Crippen LogP contribution in [0.5, 0.6) is 5.75 Å². The normalized spacial score (nSPS) is 10.8. The highest BCUT2D eigenvalue weighted by Crippen LogP contribution is 2.34. The predicted octanol–water partition coefficient (Wildman–Crippen LogP) is 3.95. The molecule has 0 spiro atoms. The number of carbonyl (C=O) groups excluding carboxylic acids is 1. The summed E-state index contributed by atoms with van der Waals surface area (Å²) in [5.74, 6) is -1.65. The molecule has 11 heteroatoms. The molecule has 4 aromatic carbocycles. The van der Waals surface area contributed by atoms with Crippen LogP contribution in [0.1, 0.15) is 26.3 Å². The number of hydrogen-bond acceptors (Lipinski definition) is 6. The lowest BCUT2D eigenvalue weighted by Gasteiger charge is -2.15. The minimum atomic E-state index is -3.67. The molecule has 4 rings (SSSR count). The number of aromatic hydroxyl groups is 1. The number of benzene rings is 4. The Kier molecular flexibility index (Phi) is 7.91. The zero-order chi connectivity index (χ0) is 27.3. The van der Waals surface area contributed by atoms with E-state index in [0.717, 1.165) is 0 Å². The molecule has 7 N–H and O–H groups in total. The van der Waals surface area contributed by atoms with E-state index in [0.29, 0.717) is 39.4 Å². The minimum Gasteiger partial charge on any atom is -0.507 e. The lowest BCUT2D eigenvalue weighted by molar-refractivity contribution is 0.0697. The number of amides is 1. The Morgan fingerprint density at radius 2 is 1.51 bits per heavy atom. The second-order valence-corrected chi connectivity index (χ2v) is 9.39. The molecule has 0 aromatic heterocycles. The SMILES string of the molecule is CS(=O)(=O)O.N=C(N)c1ccc(NC(=O)c2cc3c(O)cccc3cc2-c2ccccc2C(=O)O)cc1. The average molecular weight is 522 g/mol. The van der Waals surface area contributed by atoms with Crippen LogP contribution in [0.25, 0.3) is 21.9 Å². The molecule has 4 aromatic rings. The maximum atomic E-state index is 13.3. The second-order valence-electron chi connectivity index (χ2n) is 7.92. The van der Waals surface area contributed by atoms with Gasteiger partial charge in [0, 0.05) is 22.2 Å². The van der Waals surface area contributed by atoms with Crippen LogP contribution in [0.2, 0.25) is 0 Å². The summed E-state index contributed by atoms with van der Waals surface area (Å²) in [5.41, 5.74) is 7.57. The van der Waals surface area contributed by atoms with Gasteiger partial charge in [0.15, 0.2) is 0 Å². The van der Waals surface area contributed by atoms with Gasteiger partial charge in [-0.1, -0.05) is 30.3 Å². The van der Waals surface area contributed by atoms with E-state index in [-0.39, 0.29) is 22.7 Å². The first-order chi connectivity index (χ1) is 17.3. The second kappa shape index (κ2) is 10.9. The summed E-state index contributed by atoms with van der Waals surface area (Å²) < 4.78 is 25.9. The monoisotopic (exact) mass is 521 g/mol. The van der Waals surface area contributed by atoms with Gasteiger partial charge in [-0.05, 0) is 65.0 Å². The van der Waals surface area contributed by atoms with Gasteiger partial charge in [0.25, 0.3) is 16.0 Å². The summed E-state index contributed by atoms with van der Waals surface area (Å²) >= 11 is 0. The number of anilines is 1. The fourth-order valence-electron chi connectivity index (χ4n) is 3.56. The summed E-state index contributed by atoms with van der Waals surface area (Å²) in [6.07, 6.45) is 0.715. The molecule has 0 saturated heterocycles. The van der Waals surface area contributed by atoms with Crippen molar-refractivity contribution in [1.29, 1.82) is 5.41 Å². The Balaban J connectivity index is 0.000000695. The first kappa shape index (κ1) is 26.9. The number of nitrogen functional groups attached to an aromatic ring is 1. The zero-order valence-electron chi connectivity index (χ0n) is 19.5. The van der Waals surface area contributed by atoms with E-state index in [9.17, 15) is 28.2 Å². The molecule has 190 valence electrons. The molecule has 0 bridgehead atoms. The van der Waals surface area contributed by atoms with E-state index in [4.69, 9.17) is 15.7 Å². The summed E-state index contributed by atoms with van der Waals surface area (Å²) in [7, 11) is -3.67. The van der Waals surface area contributed by atoms with Crippen LogP contribution in [0.3, 0.4) is 0 Å². The minimum absolute atomic E-state index is 0.0143. The predicted molar refractivity (Wildman–Crippen MR) is 141 cm³/mol. The van der Waals surface area contributed by atoms with Crippen LogP contribution in [0.15, 0.2) is 78.9 Å². The number of carboxylic acids is 1. The van der Waals surface area contributed by atoms with Crippen molar-refractivity contribution in [2.75, 3.05) is 11.6 Å². The van der Waals surface area contributed by atoms with Gasteiger partial charge < -0.3 is 21.3 Å². The van der Waals surface area contributed by atoms with Crippen molar-refractivity contribution in [1.82, 2.24) is 0 Å². The lowest BCUT2D eigenvalue weighted by Crippen LogP contribution is -2.15. The van der Waals surface area contributed by atoms with Gasteiger partial charge in [-0.2, -0.15) is 8.42 Å². The number of phenols is 1. The Hall–Kier alpha value is -4.74. The largest absolute Gasteiger partial charge is 0.507 e. The topological polar surface area (TPSA) is 191 Å². The molecular formula is C26H23N3O7S. The van der Waals surface area contributed by atoms with Crippen molar-refractivity contribution in [3.8, 4) is 16.9 Å². The highest BCUT2D eigenvalue weighted by Gasteiger charge is 2.20. The Bertz CT molecular complexity index is 1610. The average Bonchev–Trinajstić information content (AvgIpc) is 2.83. The van der Waals surface area contributed by atoms with Gasteiger partial charge in [0.05, 0.1) is 11.8 Å². The number of aromatic carboxylic acids is 1. The quantitative estimate of drug-likeness (QED) is 0.129. The molecule has 0 fully saturated rings. The number of phenolic OH excluding ortho intramolecular Hbond substituents is 1. The van der Waals surface area contributed by atoms with E-state index in [1.54, 1.807) is 66.7 Å². The van der Waals surface area contributed by atoms with Crippen LogP contribution < -0.4 is 11.1 Å². The maximum Gasteiger partial charge on any atom is 0.336 e. The van der Waals surface area contributed by atoms with E-state index in [2.05, 4.69) is 5.32 Å². The van der Waals surface area contributed by atoms with Crippen LogP contribution in [-0.2, 0) is 10.1 Å². The molecule has 0 unspecified atom stereocenters. The van der Waals surface area contributed by atoms with Crippen LogP contribution in [-0.4, -0.2) is 47.2 Å². The smallest absolute Gasteiger partial charge is 0.336 e. The number of nitrogens with one attached hydrogen (secondary N) is 2. The maximum absolute atomic E-state index is 13.3. The summed E-state index contributed by atoms with van der Waals surface area (Å²) in [6, 6.07) is 21.2. The lowest BCUT2D eigenvalue weighted by atomic mass is 9.92. The van der Waals surface area contributed by atoms with Crippen molar-refractivity contribution in [3.05, 3.63) is 95.6 Å². The van der Waals surface area contributed by atoms with Crippen LogP contribution in [0, 0.1) is 5.41 Å². The third-order valence-electron chi connectivity index (χ3n) is 5.14.